The Bertz CT molecular complexity index is 1270. The second kappa shape index (κ2) is 11.7. The number of fused-ring (bicyclic) bond motifs is 2. The van der Waals surface area contributed by atoms with Crippen molar-refractivity contribution < 1.29 is 18.3 Å². The first-order chi connectivity index (χ1) is 19.0. The van der Waals surface area contributed by atoms with E-state index in [9.17, 15) is 13.6 Å². The molecular weight excluding hydrogens is 504 g/mol. The molecule has 5 rings (SSSR count). The van der Waals surface area contributed by atoms with Crippen LogP contribution in [0.25, 0.3) is 5.57 Å². The zero-order valence-corrected chi connectivity index (χ0v) is 22.6. The van der Waals surface area contributed by atoms with Crippen molar-refractivity contribution in [1.82, 2.24) is 20.0 Å². The number of nitrogens with one attached hydrogen (secondary N) is 1. The van der Waals surface area contributed by atoms with Gasteiger partial charge in [0.1, 0.15) is 0 Å². The summed E-state index contributed by atoms with van der Waals surface area (Å²) < 4.78 is 36.6. The molecule has 1 unspecified atom stereocenters. The molecule has 9 nitrogen and oxygen atoms in total. The summed E-state index contributed by atoms with van der Waals surface area (Å²) >= 11 is 0. The van der Waals surface area contributed by atoms with Crippen LogP contribution in [-0.2, 0) is 24.1 Å². The lowest BCUT2D eigenvalue weighted by atomic mass is 9.92. The molecule has 4 heterocycles. The number of rotatable bonds is 5. The second-order valence-corrected chi connectivity index (χ2v) is 10.3. The van der Waals surface area contributed by atoms with Gasteiger partial charge in [0.05, 0.1) is 12.6 Å². The Morgan fingerprint density at radius 2 is 2.08 bits per heavy atom. The number of carbonyl (C=O) groups is 1. The highest BCUT2D eigenvalue weighted by atomic mass is 19.3. The number of halogens is 2. The molecule has 39 heavy (non-hydrogen) atoms. The van der Waals surface area contributed by atoms with Gasteiger partial charge in [-0.25, -0.2) is 13.6 Å². The average Bonchev–Trinajstić information content (AvgIpc) is 3.12. The quantitative estimate of drug-likeness (QED) is 0.549. The zero-order chi connectivity index (χ0) is 27.5. The summed E-state index contributed by atoms with van der Waals surface area (Å²) in [6, 6.07) is 3.48. The van der Waals surface area contributed by atoms with Gasteiger partial charge in [-0.15, -0.1) is 0 Å². The molecule has 1 atom stereocenters. The maximum absolute atomic E-state index is 14.4. The van der Waals surface area contributed by atoms with Gasteiger partial charge in [0.15, 0.2) is 5.82 Å². The fourth-order valence-corrected chi connectivity index (χ4v) is 6.05. The third kappa shape index (κ3) is 5.24. The largest absolute Gasteiger partial charge is 0.404 e. The van der Waals surface area contributed by atoms with Gasteiger partial charge >= 0.3 is 6.03 Å². The first-order valence-corrected chi connectivity index (χ1v) is 13.7. The summed E-state index contributed by atoms with van der Waals surface area (Å²) in [4.78, 5) is 20.4. The van der Waals surface area contributed by atoms with E-state index in [1.807, 2.05) is 6.07 Å². The van der Waals surface area contributed by atoms with E-state index in [1.54, 1.807) is 25.1 Å². The zero-order valence-electron chi connectivity index (χ0n) is 22.6. The summed E-state index contributed by atoms with van der Waals surface area (Å²) in [5.74, 6) is 0.752. The number of ether oxygens (including phenoxy) is 1. The van der Waals surface area contributed by atoms with Crippen LogP contribution in [0.1, 0.15) is 66.1 Å². The van der Waals surface area contributed by atoms with E-state index >= 15 is 0 Å². The Morgan fingerprint density at radius 3 is 2.82 bits per heavy atom. The predicted molar refractivity (Wildman–Crippen MR) is 148 cm³/mol. The van der Waals surface area contributed by atoms with Crippen LogP contribution in [0.4, 0.5) is 25.1 Å². The van der Waals surface area contributed by atoms with E-state index in [1.165, 1.54) is 12.4 Å². The monoisotopic (exact) mass is 541 g/mol. The van der Waals surface area contributed by atoms with Crippen LogP contribution in [0.2, 0.25) is 0 Å². The number of benzene rings is 1. The molecule has 0 radical (unpaired) electrons. The van der Waals surface area contributed by atoms with Crippen molar-refractivity contribution in [2.75, 3.05) is 45.3 Å². The Balaban J connectivity index is 1.63. The third-order valence-electron chi connectivity index (χ3n) is 7.95. The molecule has 1 aromatic carbocycles. The topological polar surface area (TPSA) is 101 Å². The van der Waals surface area contributed by atoms with Crippen LogP contribution >= 0.6 is 0 Å². The predicted octanol–water partition coefficient (Wildman–Crippen LogP) is 4.34. The van der Waals surface area contributed by atoms with Gasteiger partial charge in [-0.1, -0.05) is 0 Å². The number of nitrogens with zero attached hydrogens (tertiary/aromatic N) is 5. The van der Waals surface area contributed by atoms with Crippen LogP contribution < -0.4 is 16.0 Å². The van der Waals surface area contributed by atoms with Gasteiger partial charge in [-0.3, -0.25) is 9.67 Å². The van der Waals surface area contributed by atoms with E-state index in [0.29, 0.717) is 43.8 Å². The minimum Gasteiger partial charge on any atom is -0.404 e. The molecule has 2 aromatic rings. The van der Waals surface area contributed by atoms with Crippen molar-refractivity contribution in [3.63, 3.8) is 0 Å². The number of nitrogens with two attached hydrogens (primary N) is 1. The van der Waals surface area contributed by atoms with E-state index in [0.717, 1.165) is 67.0 Å². The number of carbonyl (C=O) groups excluding carboxylic acids is 1. The van der Waals surface area contributed by atoms with E-state index in [-0.39, 0.29) is 17.6 Å². The van der Waals surface area contributed by atoms with Gasteiger partial charge in [0, 0.05) is 87.3 Å². The van der Waals surface area contributed by atoms with Crippen molar-refractivity contribution in [3.8, 4) is 0 Å². The van der Waals surface area contributed by atoms with Crippen LogP contribution in [0, 0.1) is 0 Å². The van der Waals surface area contributed by atoms with Gasteiger partial charge in [-0.05, 0) is 55.4 Å². The highest BCUT2D eigenvalue weighted by molar-refractivity contribution is 6.10. The van der Waals surface area contributed by atoms with Crippen LogP contribution in [0.3, 0.4) is 0 Å². The summed E-state index contributed by atoms with van der Waals surface area (Å²) in [5.41, 5.74) is 10.4. The number of amides is 2. The molecule has 0 spiro atoms. The third-order valence-corrected chi connectivity index (χ3v) is 7.95. The normalized spacial score (nSPS) is 20.2. The Kier molecular flexibility index (Phi) is 8.15. The molecule has 0 bridgehead atoms. The minimum atomic E-state index is -2.68. The Labute approximate surface area is 227 Å². The number of alkyl halides is 2. The fraction of sp³-hybridized carbons (Fsp3) is 0.536. The molecule has 0 aliphatic carbocycles. The number of hydrogen-bond acceptors (Lipinski definition) is 6. The lowest BCUT2D eigenvalue weighted by molar-refractivity contribution is 0.141. The number of aromatic nitrogens is 2. The van der Waals surface area contributed by atoms with Crippen molar-refractivity contribution >= 4 is 29.3 Å². The van der Waals surface area contributed by atoms with Crippen molar-refractivity contribution in [2.24, 2.45) is 10.7 Å². The molecule has 2 amide bonds. The van der Waals surface area contributed by atoms with Crippen LogP contribution in [0.15, 0.2) is 23.3 Å². The first-order valence-electron chi connectivity index (χ1n) is 13.7. The molecule has 3 aliphatic rings. The number of allylic oxidation sites excluding steroid dienone is 1. The summed E-state index contributed by atoms with van der Waals surface area (Å²) in [6.45, 7) is 3.11. The summed E-state index contributed by atoms with van der Waals surface area (Å²) in [5, 5.41) is 7.90. The van der Waals surface area contributed by atoms with Crippen LogP contribution in [0.5, 0.6) is 0 Å². The van der Waals surface area contributed by atoms with Crippen LogP contribution in [-0.4, -0.2) is 67.3 Å². The number of urea groups is 1. The molecule has 210 valence electrons. The second-order valence-electron chi connectivity index (χ2n) is 10.3. The van der Waals surface area contributed by atoms with E-state index < -0.39 is 6.43 Å². The standard InChI is InChI=1S/C28H37F2N7O2/c1-32-16-19(15-31)21-13-18-5-3-9-36(25(18)14-22(21)26(29)30)27-23-17-35(28(38)33-2)10-7-24(23)37(34-27)20-6-4-11-39-12-8-20/h13-16,20,26H,3-12,17,31H2,1-2H3,(H,33,38). The number of hydrogen-bond donors (Lipinski definition) is 2. The van der Waals surface area contributed by atoms with Crippen molar-refractivity contribution in [2.45, 2.75) is 57.5 Å². The highest BCUT2D eigenvalue weighted by Gasteiger charge is 2.34. The number of aryl methyl sites for hydroxylation is 1. The molecule has 1 fully saturated rings. The van der Waals surface area contributed by atoms with Gasteiger partial charge < -0.3 is 25.6 Å². The van der Waals surface area contributed by atoms with Gasteiger partial charge in [-0.2, -0.15) is 5.10 Å². The molecule has 1 aromatic heterocycles. The molecule has 3 aliphatic heterocycles. The molecule has 1 saturated heterocycles. The SMILES string of the molecule is CN=CC(=CN)c1cc2c(cc1C(F)F)N(c1nn(C3CCCOCC3)c3c1CN(C(=O)NC)CC3)CCC2. The van der Waals surface area contributed by atoms with Crippen molar-refractivity contribution in [1.29, 1.82) is 0 Å². The molecule has 11 heteroatoms. The van der Waals surface area contributed by atoms with Gasteiger partial charge in [0.2, 0.25) is 0 Å². The highest BCUT2D eigenvalue weighted by Crippen LogP contribution is 2.42. The summed E-state index contributed by atoms with van der Waals surface area (Å²) in [7, 11) is 3.22. The Hall–Kier alpha value is -3.47. The first kappa shape index (κ1) is 27.1. The van der Waals surface area contributed by atoms with Crippen molar-refractivity contribution in [3.05, 3.63) is 46.3 Å². The molecule has 3 N–H and O–H groups in total. The molecule has 0 saturated carbocycles. The minimum absolute atomic E-state index is 0.0848. The lowest BCUT2D eigenvalue weighted by Crippen LogP contribution is -2.42. The smallest absolute Gasteiger partial charge is 0.317 e. The van der Waals surface area contributed by atoms with E-state index in [4.69, 9.17) is 15.6 Å². The average molecular weight is 542 g/mol. The summed E-state index contributed by atoms with van der Waals surface area (Å²) in [6.07, 6.45) is 5.25. The number of anilines is 2. The maximum atomic E-state index is 14.4. The molecular formula is C28H37F2N7O2. The maximum Gasteiger partial charge on any atom is 0.317 e. The Morgan fingerprint density at radius 1 is 1.23 bits per heavy atom. The number of aliphatic imine (C=N–C) groups is 1. The lowest BCUT2D eigenvalue weighted by Gasteiger charge is -2.33. The van der Waals surface area contributed by atoms with Gasteiger partial charge in [0.25, 0.3) is 6.43 Å². The fourth-order valence-electron chi connectivity index (χ4n) is 6.05. The van der Waals surface area contributed by atoms with E-state index in [2.05, 4.69) is 19.9 Å².